The lowest BCUT2D eigenvalue weighted by Gasteiger charge is -2.11. The van der Waals surface area contributed by atoms with Gasteiger partial charge in [0.25, 0.3) is 5.91 Å². The summed E-state index contributed by atoms with van der Waals surface area (Å²) in [6.07, 6.45) is -4.53. The molecule has 6 nitrogen and oxygen atoms in total. The van der Waals surface area contributed by atoms with Crippen LogP contribution in [0.1, 0.15) is 15.9 Å². The predicted molar refractivity (Wildman–Crippen MR) is 99.2 cm³/mol. The van der Waals surface area contributed by atoms with Gasteiger partial charge in [-0.2, -0.15) is 13.2 Å². The molecule has 2 rings (SSSR count). The Morgan fingerprint density at radius 2 is 1.68 bits per heavy atom. The van der Waals surface area contributed by atoms with Crippen LogP contribution >= 0.6 is 0 Å². The number of anilines is 2. The van der Waals surface area contributed by atoms with E-state index < -0.39 is 17.6 Å². The Morgan fingerprint density at radius 3 is 2.36 bits per heavy atom. The first kappa shape index (κ1) is 21.4. The average Bonchev–Trinajstić information content (AvgIpc) is 2.65. The van der Waals surface area contributed by atoms with E-state index in [0.29, 0.717) is 24.5 Å². The van der Waals surface area contributed by atoms with Gasteiger partial charge in [-0.15, -0.1) is 0 Å². The van der Waals surface area contributed by atoms with Crippen LogP contribution in [-0.2, 0) is 15.7 Å². The Labute approximate surface area is 160 Å². The van der Waals surface area contributed by atoms with Crippen molar-refractivity contribution in [3.8, 4) is 0 Å². The molecule has 0 aliphatic rings. The Bertz CT molecular complexity index is 825. The number of carbonyl (C=O) groups is 2. The van der Waals surface area contributed by atoms with E-state index in [9.17, 15) is 22.8 Å². The fourth-order valence-corrected chi connectivity index (χ4v) is 2.30. The van der Waals surface area contributed by atoms with Crippen molar-refractivity contribution in [3.63, 3.8) is 0 Å². The van der Waals surface area contributed by atoms with Crippen LogP contribution in [0.3, 0.4) is 0 Å². The van der Waals surface area contributed by atoms with Crippen LogP contribution in [0.4, 0.5) is 24.5 Å². The molecule has 0 saturated carbocycles. The first-order valence-electron chi connectivity index (χ1n) is 8.38. The van der Waals surface area contributed by atoms with Crippen molar-refractivity contribution in [2.75, 3.05) is 37.4 Å². The van der Waals surface area contributed by atoms with E-state index in [0.717, 1.165) is 12.1 Å². The molecule has 28 heavy (non-hydrogen) atoms. The number of amides is 2. The molecule has 2 amide bonds. The van der Waals surface area contributed by atoms with Gasteiger partial charge in [0, 0.05) is 30.6 Å². The minimum absolute atomic E-state index is 0.0875. The zero-order valence-electron chi connectivity index (χ0n) is 15.1. The molecule has 0 aliphatic carbocycles. The van der Waals surface area contributed by atoms with Gasteiger partial charge in [0.2, 0.25) is 5.91 Å². The zero-order chi connectivity index (χ0) is 20.6. The fraction of sp³-hybridized carbons (Fsp3) is 0.263. The molecule has 0 aromatic heterocycles. The summed E-state index contributed by atoms with van der Waals surface area (Å²) in [6.45, 7) is 1.09. The monoisotopic (exact) mass is 395 g/mol. The van der Waals surface area contributed by atoms with Crippen molar-refractivity contribution >= 4 is 23.2 Å². The standard InChI is InChI=1S/C19H20F3N3O3/c1-28-9-8-23-12-17(26)24-15-6-3-7-16(11-15)25-18(27)13-4-2-5-14(10-13)19(20,21)22/h2-7,10-11,23H,8-9,12H2,1H3,(H,24,26)(H,25,27). The molecular weight excluding hydrogens is 375 g/mol. The Kier molecular flexibility index (Phi) is 7.53. The van der Waals surface area contributed by atoms with Crippen LogP contribution in [0.2, 0.25) is 0 Å². The van der Waals surface area contributed by atoms with Crippen molar-refractivity contribution in [1.29, 1.82) is 0 Å². The highest BCUT2D eigenvalue weighted by atomic mass is 19.4. The predicted octanol–water partition coefficient (Wildman–Crippen LogP) is 3.13. The first-order chi connectivity index (χ1) is 13.3. The summed E-state index contributed by atoms with van der Waals surface area (Å²) in [6, 6.07) is 10.5. The number of alkyl halides is 3. The number of halogens is 3. The molecule has 0 aliphatic heterocycles. The molecule has 2 aromatic rings. The molecular formula is C19H20F3N3O3. The highest BCUT2D eigenvalue weighted by Gasteiger charge is 2.30. The van der Waals surface area contributed by atoms with Crippen molar-refractivity contribution in [1.82, 2.24) is 5.32 Å². The smallest absolute Gasteiger partial charge is 0.383 e. The van der Waals surface area contributed by atoms with Crippen molar-refractivity contribution in [2.24, 2.45) is 0 Å². The normalized spacial score (nSPS) is 11.1. The zero-order valence-corrected chi connectivity index (χ0v) is 15.1. The molecule has 0 saturated heterocycles. The van der Waals surface area contributed by atoms with Gasteiger partial charge in [-0.05, 0) is 36.4 Å². The van der Waals surface area contributed by atoms with E-state index in [1.54, 1.807) is 25.3 Å². The quantitative estimate of drug-likeness (QED) is 0.600. The molecule has 0 radical (unpaired) electrons. The fourth-order valence-electron chi connectivity index (χ4n) is 2.30. The lowest BCUT2D eigenvalue weighted by molar-refractivity contribution is -0.137. The number of rotatable bonds is 8. The summed E-state index contributed by atoms with van der Waals surface area (Å²) in [5.74, 6) is -0.965. The van der Waals surface area contributed by atoms with E-state index in [2.05, 4.69) is 16.0 Å². The number of hydrogen-bond donors (Lipinski definition) is 3. The molecule has 0 atom stereocenters. The molecule has 9 heteroatoms. The summed E-state index contributed by atoms with van der Waals surface area (Å²) in [7, 11) is 1.56. The maximum Gasteiger partial charge on any atom is 0.416 e. The minimum atomic E-state index is -4.53. The summed E-state index contributed by atoms with van der Waals surface area (Å²) in [5, 5.41) is 8.07. The van der Waals surface area contributed by atoms with Gasteiger partial charge in [0.15, 0.2) is 0 Å². The first-order valence-corrected chi connectivity index (χ1v) is 8.38. The van der Waals surface area contributed by atoms with Crippen molar-refractivity contribution in [3.05, 3.63) is 59.7 Å². The molecule has 150 valence electrons. The second kappa shape index (κ2) is 9.86. The largest absolute Gasteiger partial charge is 0.416 e. The summed E-state index contributed by atoms with van der Waals surface area (Å²) < 4.78 is 43.2. The van der Waals surface area contributed by atoms with Gasteiger partial charge in [-0.1, -0.05) is 12.1 Å². The third-order valence-electron chi connectivity index (χ3n) is 3.62. The number of nitrogens with one attached hydrogen (secondary N) is 3. The van der Waals surface area contributed by atoms with E-state index in [4.69, 9.17) is 4.74 Å². The van der Waals surface area contributed by atoms with E-state index in [-0.39, 0.29) is 18.0 Å². The topological polar surface area (TPSA) is 79.5 Å². The maximum absolute atomic E-state index is 12.8. The van der Waals surface area contributed by atoms with Gasteiger partial charge in [0.1, 0.15) is 0 Å². The van der Waals surface area contributed by atoms with Crippen LogP contribution in [0.25, 0.3) is 0 Å². The number of benzene rings is 2. The average molecular weight is 395 g/mol. The number of ether oxygens (including phenoxy) is 1. The van der Waals surface area contributed by atoms with Crippen LogP contribution in [-0.4, -0.2) is 38.6 Å². The summed E-state index contributed by atoms with van der Waals surface area (Å²) in [5.41, 5.74) is -0.235. The molecule has 2 aromatic carbocycles. The summed E-state index contributed by atoms with van der Waals surface area (Å²) >= 11 is 0. The van der Waals surface area contributed by atoms with Crippen LogP contribution in [0.15, 0.2) is 48.5 Å². The molecule has 0 spiro atoms. The van der Waals surface area contributed by atoms with Crippen molar-refractivity contribution < 1.29 is 27.5 Å². The van der Waals surface area contributed by atoms with Gasteiger partial charge >= 0.3 is 6.18 Å². The van der Waals surface area contributed by atoms with E-state index in [1.807, 2.05) is 0 Å². The molecule has 3 N–H and O–H groups in total. The second-order valence-electron chi connectivity index (χ2n) is 5.83. The van der Waals surface area contributed by atoms with Crippen LogP contribution in [0, 0.1) is 0 Å². The lowest BCUT2D eigenvalue weighted by Crippen LogP contribution is -2.30. The lowest BCUT2D eigenvalue weighted by atomic mass is 10.1. The summed E-state index contributed by atoms with van der Waals surface area (Å²) in [4.78, 5) is 24.1. The van der Waals surface area contributed by atoms with Gasteiger partial charge in [-0.3, -0.25) is 9.59 Å². The van der Waals surface area contributed by atoms with E-state index in [1.165, 1.54) is 18.2 Å². The van der Waals surface area contributed by atoms with Crippen LogP contribution in [0.5, 0.6) is 0 Å². The van der Waals surface area contributed by atoms with E-state index >= 15 is 0 Å². The van der Waals surface area contributed by atoms with Gasteiger partial charge in [0.05, 0.1) is 18.7 Å². The van der Waals surface area contributed by atoms with Crippen LogP contribution < -0.4 is 16.0 Å². The second-order valence-corrected chi connectivity index (χ2v) is 5.83. The van der Waals surface area contributed by atoms with Crippen molar-refractivity contribution in [2.45, 2.75) is 6.18 Å². The molecule has 0 unspecified atom stereocenters. The Hall–Kier alpha value is -2.91. The third kappa shape index (κ3) is 6.67. The Balaban J connectivity index is 1.99. The SMILES string of the molecule is COCCNCC(=O)Nc1cccc(NC(=O)c2cccc(C(F)(F)F)c2)c1. The highest BCUT2D eigenvalue weighted by molar-refractivity contribution is 6.04. The highest BCUT2D eigenvalue weighted by Crippen LogP contribution is 2.29. The molecule has 0 bridgehead atoms. The third-order valence-corrected chi connectivity index (χ3v) is 3.62. The minimum Gasteiger partial charge on any atom is -0.383 e. The number of hydrogen-bond acceptors (Lipinski definition) is 4. The molecule has 0 fully saturated rings. The van der Waals surface area contributed by atoms with Gasteiger partial charge in [-0.25, -0.2) is 0 Å². The van der Waals surface area contributed by atoms with Gasteiger partial charge < -0.3 is 20.7 Å². The maximum atomic E-state index is 12.8. The number of methoxy groups -OCH3 is 1. The number of carbonyl (C=O) groups excluding carboxylic acids is 2. The Morgan fingerprint density at radius 1 is 1.00 bits per heavy atom. The molecule has 0 heterocycles.